The van der Waals surface area contributed by atoms with E-state index in [-0.39, 0.29) is 18.9 Å². The Labute approximate surface area is 147 Å². The lowest BCUT2D eigenvalue weighted by Gasteiger charge is -2.14. The van der Waals surface area contributed by atoms with Crippen molar-refractivity contribution in [3.05, 3.63) is 77.9 Å². The van der Waals surface area contributed by atoms with Crippen molar-refractivity contribution in [3.63, 3.8) is 0 Å². The monoisotopic (exact) mass is 335 g/mol. The van der Waals surface area contributed by atoms with Crippen LogP contribution in [0.15, 0.2) is 66.7 Å². The van der Waals surface area contributed by atoms with E-state index in [9.17, 15) is 9.90 Å². The molecule has 0 radical (unpaired) electrons. The molecule has 1 atom stereocenters. The quantitative estimate of drug-likeness (QED) is 0.727. The maximum absolute atomic E-state index is 12.2. The second-order valence-electron chi connectivity index (χ2n) is 5.92. The van der Waals surface area contributed by atoms with E-state index < -0.39 is 6.10 Å². The third-order valence-corrected chi connectivity index (χ3v) is 4.19. The highest BCUT2D eigenvalue weighted by Crippen LogP contribution is 2.20. The summed E-state index contributed by atoms with van der Waals surface area (Å²) in [5.41, 5.74) is 1.61. The number of carbonyl (C=O) groups excluding carboxylic acids is 1. The summed E-state index contributed by atoms with van der Waals surface area (Å²) < 4.78 is 5.25. The predicted octanol–water partition coefficient (Wildman–Crippen LogP) is 3.24. The van der Waals surface area contributed by atoms with Crippen LogP contribution in [-0.4, -0.2) is 24.7 Å². The Kier molecular flexibility index (Phi) is 5.31. The molecule has 3 rings (SSSR count). The molecule has 0 saturated heterocycles. The molecule has 0 aromatic heterocycles. The molecule has 1 amide bonds. The smallest absolute Gasteiger partial charge is 0.224 e. The third kappa shape index (κ3) is 4.17. The van der Waals surface area contributed by atoms with Crippen LogP contribution >= 0.6 is 0 Å². The summed E-state index contributed by atoms with van der Waals surface area (Å²) in [4.78, 5) is 12.2. The molecule has 3 aromatic rings. The molecule has 0 aliphatic heterocycles. The molecule has 0 saturated carbocycles. The lowest BCUT2D eigenvalue weighted by atomic mass is 10.0. The lowest BCUT2D eigenvalue weighted by molar-refractivity contribution is -0.120. The number of carbonyl (C=O) groups is 1. The zero-order chi connectivity index (χ0) is 17.6. The van der Waals surface area contributed by atoms with Crippen LogP contribution in [0.25, 0.3) is 10.8 Å². The van der Waals surface area contributed by atoms with Crippen LogP contribution < -0.4 is 10.1 Å². The molecule has 0 aliphatic carbocycles. The van der Waals surface area contributed by atoms with Gasteiger partial charge in [0, 0.05) is 12.1 Å². The van der Waals surface area contributed by atoms with E-state index in [0.29, 0.717) is 5.75 Å². The highest BCUT2D eigenvalue weighted by atomic mass is 16.5. The zero-order valence-corrected chi connectivity index (χ0v) is 14.1. The van der Waals surface area contributed by atoms with Crippen LogP contribution in [0.3, 0.4) is 0 Å². The van der Waals surface area contributed by atoms with Gasteiger partial charge >= 0.3 is 0 Å². The molecular formula is C21H21NO3. The van der Waals surface area contributed by atoms with E-state index in [0.717, 1.165) is 21.9 Å². The summed E-state index contributed by atoms with van der Waals surface area (Å²) in [6.45, 7) is 0.173. The van der Waals surface area contributed by atoms with E-state index >= 15 is 0 Å². The van der Waals surface area contributed by atoms with Crippen LogP contribution in [0.2, 0.25) is 0 Å². The van der Waals surface area contributed by atoms with E-state index in [2.05, 4.69) is 5.32 Å². The Balaban J connectivity index is 1.61. The summed E-state index contributed by atoms with van der Waals surface area (Å²) in [5, 5.41) is 15.3. The number of aliphatic hydroxyl groups excluding tert-OH is 1. The first-order valence-electron chi connectivity index (χ1n) is 8.23. The number of hydrogen-bond donors (Lipinski definition) is 2. The number of benzene rings is 3. The van der Waals surface area contributed by atoms with Gasteiger partial charge in [-0.25, -0.2) is 0 Å². The number of methoxy groups -OCH3 is 1. The molecule has 0 unspecified atom stereocenters. The molecule has 25 heavy (non-hydrogen) atoms. The number of rotatable bonds is 6. The van der Waals surface area contributed by atoms with Gasteiger partial charge in [-0.05, 0) is 28.5 Å². The Morgan fingerprint density at radius 1 is 1.04 bits per heavy atom. The van der Waals surface area contributed by atoms with Gasteiger partial charge in [-0.2, -0.15) is 0 Å². The van der Waals surface area contributed by atoms with Gasteiger partial charge in [0.15, 0.2) is 0 Å². The van der Waals surface area contributed by atoms with Gasteiger partial charge < -0.3 is 15.2 Å². The maximum Gasteiger partial charge on any atom is 0.224 e. The number of nitrogens with one attached hydrogen (secondary N) is 1. The van der Waals surface area contributed by atoms with Crippen molar-refractivity contribution in [2.24, 2.45) is 0 Å². The van der Waals surface area contributed by atoms with Gasteiger partial charge in [0.2, 0.25) is 5.91 Å². The molecule has 0 heterocycles. The van der Waals surface area contributed by atoms with Crippen molar-refractivity contribution in [2.45, 2.75) is 12.5 Å². The van der Waals surface area contributed by atoms with Gasteiger partial charge in [-0.15, -0.1) is 0 Å². The highest BCUT2D eigenvalue weighted by molar-refractivity contribution is 5.83. The van der Waals surface area contributed by atoms with Crippen LogP contribution in [0.5, 0.6) is 5.75 Å². The van der Waals surface area contributed by atoms with Crippen molar-refractivity contribution >= 4 is 16.7 Å². The Morgan fingerprint density at radius 3 is 2.56 bits per heavy atom. The summed E-state index contributed by atoms with van der Waals surface area (Å²) in [6, 6.07) is 21.2. The van der Waals surface area contributed by atoms with Gasteiger partial charge in [0.1, 0.15) is 5.75 Å². The summed E-state index contributed by atoms with van der Waals surface area (Å²) >= 11 is 0. The second-order valence-corrected chi connectivity index (χ2v) is 5.92. The molecule has 4 heteroatoms. The molecule has 0 aliphatic rings. The lowest BCUT2D eigenvalue weighted by Crippen LogP contribution is -2.29. The first kappa shape index (κ1) is 17.0. The molecular weight excluding hydrogens is 314 g/mol. The summed E-state index contributed by atoms with van der Waals surface area (Å²) in [7, 11) is 1.58. The minimum atomic E-state index is -0.744. The standard InChI is InChI=1S/C21H21NO3/c1-25-20-9-5-4-8-18(20)13-21(24)22-14-19(23)17-11-10-15-6-2-3-7-16(15)12-17/h2-12,19,23H,13-14H2,1H3,(H,22,24)/t19-/m0/s1. The van der Waals surface area contributed by atoms with Crippen molar-refractivity contribution < 1.29 is 14.6 Å². The average Bonchev–Trinajstić information content (AvgIpc) is 2.66. The number of fused-ring (bicyclic) bond motifs is 1. The summed E-state index contributed by atoms with van der Waals surface area (Å²) in [5.74, 6) is 0.539. The Bertz CT molecular complexity index is 876. The van der Waals surface area contributed by atoms with Crippen molar-refractivity contribution in [2.75, 3.05) is 13.7 Å². The molecule has 128 valence electrons. The minimum Gasteiger partial charge on any atom is -0.496 e. The Morgan fingerprint density at radius 2 is 1.76 bits per heavy atom. The van der Waals surface area contributed by atoms with Crippen LogP contribution in [-0.2, 0) is 11.2 Å². The molecule has 0 spiro atoms. The Hall–Kier alpha value is -2.85. The van der Waals surface area contributed by atoms with Crippen LogP contribution in [0.1, 0.15) is 17.2 Å². The third-order valence-electron chi connectivity index (χ3n) is 4.19. The number of ether oxygens (including phenoxy) is 1. The van der Waals surface area contributed by atoms with Gasteiger partial charge in [-0.1, -0.05) is 54.6 Å². The van der Waals surface area contributed by atoms with E-state index in [1.807, 2.05) is 66.7 Å². The second kappa shape index (κ2) is 7.81. The normalized spacial score (nSPS) is 11.9. The van der Waals surface area contributed by atoms with Gasteiger partial charge in [0.25, 0.3) is 0 Å². The average molecular weight is 335 g/mol. The minimum absolute atomic E-state index is 0.149. The van der Waals surface area contributed by atoms with Crippen molar-refractivity contribution in [3.8, 4) is 5.75 Å². The van der Waals surface area contributed by atoms with Crippen LogP contribution in [0.4, 0.5) is 0 Å². The number of amides is 1. The fourth-order valence-electron chi connectivity index (χ4n) is 2.83. The van der Waals surface area contributed by atoms with Crippen molar-refractivity contribution in [1.82, 2.24) is 5.32 Å². The van der Waals surface area contributed by atoms with E-state index in [1.54, 1.807) is 7.11 Å². The molecule has 3 aromatic carbocycles. The van der Waals surface area contributed by atoms with Crippen LogP contribution in [0, 0.1) is 0 Å². The van der Waals surface area contributed by atoms with Gasteiger partial charge in [0.05, 0.1) is 19.6 Å². The molecule has 2 N–H and O–H groups in total. The maximum atomic E-state index is 12.2. The number of para-hydroxylation sites is 1. The summed E-state index contributed by atoms with van der Waals surface area (Å²) in [6.07, 6.45) is -0.528. The topological polar surface area (TPSA) is 58.6 Å². The number of hydrogen-bond acceptors (Lipinski definition) is 3. The first-order valence-corrected chi connectivity index (χ1v) is 8.23. The van der Waals surface area contributed by atoms with Crippen molar-refractivity contribution in [1.29, 1.82) is 0 Å². The highest BCUT2D eigenvalue weighted by Gasteiger charge is 2.12. The number of aliphatic hydroxyl groups is 1. The largest absolute Gasteiger partial charge is 0.496 e. The predicted molar refractivity (Wildman–Crippen MR) is 98.6 cm³/mol. The zero-order valence-electron chi connectivity index (χ0n) is 14.1. The first-order chi connectivity index (χ1) is 12.2. The molecule has 0 fully saturated rings. The van der Waals surface area contributed by atoms with E-state index in [1.165, 1.54) is 0 Å². The van der Waals surface area contributed by atoms with E-state index in [4.69, 9.17) is 4.74 Å². The van der Waals surface area contributed by atoms with Gasteiger partial charge in [-0.3, -0.25) is 4.79 Å². The molecule has 4 nitrogen and oxygen atoms in total. The molecule has 0 bridgehead atoms. The SMILES string of the molecule is COc1ccccc1CC(=O)NC[C@H](O)c1ccc2ccccc2c1. The fourth-order valence-corrected chi connectivity index (χ4v) is 2.83. The fraction of sp³-hybridized carbons (Fsp3) is 0.190.